The van der Waals surface area contributed by atoms with Crippen molar-refractivity contribution < 1.29 is 23.9 Å². The van der Waals surface area contributed by atoms with E-state index in [0.29, 0.717) is 5.75 Å². The lowest BCUT2D eigenvalue weighted by Gasteiger charge is -2.34. The molecule has 1 saturated heterocycles. The van der Waals surface area contributed by atoms with Crippen molar-refractivity contribution in [3.05, 3.63) is 30.3 Å². The minimum absolute atomic E-state index is 0.234. The molecule has 106 valence electrons. The van der Waals surface area contributed by atoms with Gasteiger partial charge in [-0.1, -0.05) is 18.2 Å². The number of hydrogen-bond acceptors (Lipinski definition) is 5. The van der Waals surface area contributed by atoms with Crippen LogP contribution in [0.3, 0.4) is 0 Å². The molecule has 2 N–H and O–H groups in total. The van der Waals surface area contributed by atoms with Gasteiger partial charge in [-0.3, -0.25) is 9.59 Å². The number of para-hydroxylation sites is 1. The van der Waals surface area contributed by atoms with Gasteiger partial charge in [-0.25, -0.2) is 4.79 Å². The highest BCUT2D eigenvalue weighted by Crippen LogP contribution is 2.09. The fourth-order valence-electron chi connectivity index (χ4n) is 1.73. The topological polar surface area (TPSA) is 93.7 Å². The number of hydrogen-bond donors (Lipinski definition) is 2. The standard InChI is InChI=1S/C13H14N2O5/c1-19-13(18)11-10(12(17)15-11)14-9(16)7-20-8-5-3-2-4-6-8/h2-6,10-11H,7H2,1H3,(H,14,16)(H,15,17)/t10-,11-/m1/s1. The zero-order chi connectivity index (χ0) is 14.5. The Balaban J connectivity index is 1.82. The summed E-state index contributed by atoms with van der Waals surface area (Å²) in [5, 5.41) is 4.78. The first-order valence-electron chi connectivity index (χ1n) is 5.97. The normalized spacial score (nSPS) is 20.4. The minimum atomic E-state index is -0.908. The lowest BCUT2D eigenvalue weighted by atomic mass is 9.99. The molecule has 2 atom stereocenters. The van der Waals surface area contributed by atoms with Gasteiger partial charge in [-0.05, 0) is 12.1 Å². The van der Waals surface area contributed by atoms with Gasteiger partial charge in [0.15, 0.2) is 12.6 Å². The second-order valence-corrected chi connectivity index (χ2v) is 4.16. The third-order valence-corrected chi connectivity index (χ3v) is 2.80. The second-order valence-electron chi connectivity index (χ2n) is 4.16. The van der Waals surface area contributed by atoms with E-state index in [2.05, 4.69) is 15.4 Å². The summed E-state index contributed by atoms with van der Waals surface area (Å²) in [7, 11) is 1.21. The molecule has 7 heteroatoms. The van der Waals surface area contributed by atoms with Crippen LogP contribution in [-0.2, 0) is 19.1 Å². The van der Waals surface area contributed by atoms with Crippen LogP contribution in [0.5, 0.6) is 5.75 Å². The summed E-state index contributed by atoms with van der Waals surface area (Å²) in [4.78, 5) is 34.2. The Morgan fingerprint density at radius 2 is 2.00 bits per heavy atom. The molecular weight excluding hydrogens is 264 g/mol. The molecule has 0 bridgehead atoms. The van der Waals surface area contributed by atoms with Crippen molar-refractivity contribution in [2.75, 3.05) is 13.7 Å². The summed E-state index contributed by atoms with van der Waals surface area (Å²) in [5.74, 6) is -0.958. The molecule has 2 amide bonds. The lowest BCUT2D eigenvalue weighted by molar-refractivity contribution is -0.154. The van der Waals surface area contributed by atoms with Crippen molar-refractivity contribution in [3.63, 3.8) is 0 Å². The number of methoxy groups -OCH3 is 1. The van der Waals surface area contributed by atoms with Gasteiger partial charge in [-0.2, -0.15) is 0 Å². The first kappa shape index (κ1) is 13.9. The van der Waals surface area contributed by atoms with Gasteiger partial charge < -0.3 is 20.1 Å². The average molecular weight is 278 g/mol. The van der Waals surface area contributed by atoms with Gasteiger partial charge in [-0.15, -0.1) is 0 Å². The van der Waals surface area contributed by atoms with Crippen LogP contribution in [0.15, 0.2) is 30.3 Å². The van der Waals surface area contributed by atoms with Crippen molar-refractivity contribution in [3.8, 4) is 5.75 Å². The van der Waals surface area contributed by atoms with Gasteiger partial charge in [0, 0.05) is 0 Å². The van der Waals surface area contributed by atoms with E-state index in [4.69, 9.17) is 4.74 Å². The molecule has 1 aromatic rings. The number of benzene rings is 1. The number of nitrogens with one attached hydrogen (secondary N) is 2. The molecule has 1 aliphatic rings. The fourth-order valence-corrected chi connectivity index (χ4v) is 1.73. The Labute approximate surface area is 115 Å². The van der Waals surface area contributed by atoms with E-state index >= 15 is 0 Å². The lowest BCUT2D eigenvalue weighted by Crippen LogP contribution is -2.72. The van der Waals surface area contributed by atoms with Gasteiger partial charge in [0.2, 0.25) is 5.91 Å². The molecule has 0 unspecified atom stereocenters. The highest BCUT2D eigenvalue weighted by atomic mass is 16.5. The summed E-state index contributed by atoms with van der Waals surface area (Å²) in [6.07, 6.45) is 0. The molecule has 20 heavy (non-hydrogen) atoms. The monoisotopic (exact) mass is 278 g/mol. The van der Waals surface area contributed by atoms with E-state index in [1.54, 1.807) is 24.3 Å². The van der Waals surface area contributed by atoms with Crippen LogP contribution in [-0.4, -0.2) is 43.6 Å². The highest BCUT2D eigenvalue weighted by molar-refractivity contribution is 6.02. The number of amides is 2. The Kier molecular flexibility index (Phi) is 4.19. The quantitative estimate of drug-likeness (QED) is 0.544. The Bertz CT molecular complexity index is 517. The Morgan fingerprint density at radius 1 is 1.30 bits per heavy atom. The Morgan fingerprint density at radius 3 is 2.60 bits per heavy atom. The molecule has 1 heterocycles. The van der Waals surface area contributed by atoms with Crippen LogP contribution >= 0.6 is 0 Å². The van der Waals surface area contributed by atoms with Gasteiger partial charge in [0.05, 0.1) is 7.11 Å². The maximum Gasteiger partial charge on any atom is 0.331 e. The molecule has 7 nitrogen and oxygen atoms in total. The van der Waals surface area contributed by atoms with Crippen LogP contribution in [0.25, 0.3) is 0 Å². The molecular formula is C13H14N2O5. The van der Waals surface area contributed by atoms with Crippen molar-refractivity contribution >= 4 is 17.8 Å². The molecule has 1 aliphatic heterocycles. The summed E-state index contributed by atoms with van der Waals surface area (Å²) < 4.78 is 9.74. The van der Waals surface area contributed by atoms with E-state index < -0.39 is 29.9 Å². The van der Waals surface area contributed by atoms with Crippen molar-refractivity contribution in [1.29, 1.82) is 0 Å². The number of ether oxygens (including phenoxy) is 2. The van der Waals surface area contributed by atoms with Crippen molar-refractivity contribution in [1.82, 2.24) is 10.6 Å². The van der Waals surface area contributed by atoms with Crippen LogP contribution in [0.4, 0.5) is 0 Å². The predicted octanol–water partition coefficient (Wildman–Crippen LogP) is -0.778. The summed E-state index contributed by atoms with van der Waals surface area (Å²) >= 11 is 0. The Hall–Kier alpha value is -2.57. The summed E-state index contributed by atoms with van der Waals surface area (Å²) in [5.41, 5.74) is 0. The van der Waals surface area contributed by atoms with E-state index in [0.717, 1.165) is 0 Å². The summed E-state index contributed by atoms with van der Waals surface area (Å²) in [6.45, 7) is -0.234. The maximum atomic E-state index is 11.7. The van der Waals surface area contributed by atoms with E-state index in [1.807, 2.05) is 6.07 Å². The fraction of sp³-hybridized carbons (Fsp3) is 0.308. The molecule has 0 radical (unpaired) electrons. The van der Waals surface area contributed by atoms with Crippen LogP contribution in [0.1, 0.15) is 0 Å². The van der Waals surface area contributed by atoms with Crippen LogP contribution < -0.4 is 15.4 Å². The number of esters is 1. The van der Waals surface area contributed by atoms with Crippen molar-refractivity contribution in [2.45, 2.75) is 12.1 Å². The molecule has 0 aliphatic carbocycles. The molecule has 1 fully saturated rings. The van der Waals surface area contributed by atoms with Gasteiger partial charge >= 0.3 is 5.97 Å². The number of β-lactam (4-membered cyclic amide) rings is 1. The number of carbonyl (C=O) groups excluding carboxylic acids is 3. The first-order valence-corrected chi connectivity index (χ1v) is 5.97. The molecule has 0 aromatic heterocycles. The zero-order valence-electron chi connectivity index (χ0n) is 10.8. The average Bonchev–Trinajstić information content (AvgIpc) is 2.48. The second kappa shape index (κ2) is 6.05. The summed E-state index contributed by atoms with van der Waals surface area (Å²) in [6, 6.07) is 7.05. The maximum absolute atomic E-state index is 11.7. The van der Waals surface area contributed by atoms with E-state index in [-0.39, 0.29) is 6.61 Å². The third-order valence-electron chi connectivity index (χ3n) is 2.80. The minimum Gasteiger partial charge on any atom is -0.484 e. The molecule has 0 saturated carbocycles. The number of rotatable bonds is 5. The van der Waals surface area contributed by atoms with E-state index in [9.17, 15) is 14.4 Å². The number of carbonyl (C=O) groups is 3. The third kappa shape index (κ3) is 3.05. The molecule has 1 aromatic carbocycles. The zero-order valence-corrected chi connectivity index (χ0v) is 10.8. The van der Waals surface area contributed by atoms with Crippen LogP contribution in [0, 0.1) is 0 Å². The first-order chi connectivity index (χ1) is 9.61. The SMILES string of the molecule is COC(=O)[C@@H]1NC(=O)[C@@H]1NC(=O)COc1ccccc1. The smallest absolute Gasteiger partial charge is 0.331 e. The molecule has 2 rings (SSSR count). The van der Waals surface area contributed by atoms with E-state index in [1.165, 1.54) is 7.11 Å². The van der Waals surface area contributed by atoms with Gasteiger partial charge in [0.1, 0.15) is 11.8 Å². The molecule has 0 spiro atoms. The van der Waals surface area contributed by atoms with Gasteiger partial charge in [0.25, 0.3) is 5.91 Å². The van der Waals surface area contributed by atoms with Crippen LogP contribution in [0.2, 0.25) is 0 Å². The largest absolute Gasteiger partial charge is 0.484 e. The van der Waals surface area contributed by atoms with Crippen molar-refractivity contribution in [2.24, 2.45) is 0 Å². The predicted molar refractivity (Wildman–Crippen MR) is 67.8 cm³/mol. The highest BCUT2D eigenvalue weighted by Gasteiger charge is 2.45.